The van der Waals surface area contributed by atoms with E-state index in [9.17, 15) is 9.90 Å². The molecule has 4 heteroatoms. The van der Waals surface area contributed by atoms with E-state index in [0.29, 0.717) is 17.5 Å². The third-order valence-electron chi connectivity index (χ3n) is 5.28. The van der Waals surface area contributed by atoms with Crippen molar-refractivity contribution < 1.29 is 9.90 Å². The molecule has 1 aromatic carbocycles. The molecule has 0 spiro atoms. The fourth-order valence-electron chi connectivity index (χ4n) is 4.30. The van der Waals surface area contributed by atoms with Crippen LogP contribution in [-0.2, 0) is 0 Å². The van der Waals surface area contributed by atoms with Gasteiger partial charge in [-0.2, -0.15) is 0 Å². The maximum absolute atomic E-state index is 11.6. The van der Waals surface area contributed by atoms with Crippen LogP contribution in [0.15, 0.2) is 23.1 Å². The maximum atomic E-state index is 11.6. The third-order valence-corrected chi connectivity index (χ3v) is 6.06. The predicted octanol–water partition coefficient (Wildman–Crippen LogP) is 4.34. The van der Waals surface area contributed by atoms with Crippen molar-refractivity contribution in [1.82, 2.24) is 0 Å². The molecule has 4 unspecified atom stereocenters. The summed E-state index contributed by atoms with van der Waals surface area (Å²) in [6.45, 7) is 2.21. The first-order chi connectivity index (χ1) is 10.1. The first-order valence-electron chi connectivity index (χ1n) is 7.77. The third kappa shape index (κ3) is 2.78. The normalized spacial score (nSPS) is 28.6. The van der Waals surface area contributed by atoms with E-state index >= 15 is 0 Å². The highest BCUT2D eigenvalue weighted by Gasteiger charge is 2.41. The van der Waals surface area contributed by atoms with Gasteiger partial charge in [-0.15, -0.1) is 11.8 Å². The van der Waals surface area contributed by atoms with Crippen LogP contribution in [0.2, 0.25) is 0 Å². The zero-order valence-corrected chi connectivity index (χ0v) is 13.5. The van der Waals surface area contributed by atoms with Crippen molar-refractivity contribution in [2.75, 3.05) is 11.6 Å². The fourth-order valence-corrected chi connectivity index (χ4v) is 4.92. The van der Waals surface area contributed by atoms with Gasteiger partial charge in [0.2, 0.25) is 0 Å². The fraction of sp³-hybridized carbons (Fsp3) is 0.588. The van der Waals surface area contributed by atoms with Crippen molar-refractivity contribution in [2.45, 2.75) is 43.5 Å². The molecule has 21 heavy (non-hydrogen) atoms. The van der Waals surface area contributed by atoms with Crippen LogP contribution < -0.4 is 5.32 Å². The van der Waals surface area contributed by atoms with Crippen molar-refractivity contribution in [3.8, 4) is 0 Å². The molecule has 2 saturated carbocycles. The van der Waals surface area contributed by atoms with Gasteiger partial charge in [-0.25, -0.2) is 4.79 Å². The molecule has 2 fully saturated rings. The molecule has 2 aliphatic rings. The quantitative estimate of drug-likeness (QED) is 0.794. The second kappa shape index (κ2) is 5.91. The first-order valence-corrected chi connectivity index (χ1v) is 8.99. The Morgan fingerprint density at radius 3 is 2.76 bits per heavy atom. The van der Waals surface area contributed by atoms with Gasteiger partial charge in [-0.3, -0.25) is 0 Å². The summed E-state index contributed by atoms with van der Waals surface area (Å²) < 4.78 is 0. The number of carbonyl (C=O) groups is 1. The number of carboxylic acids is 1. The topological polar surface area (TPSA) is 49.3 Å². The van der Waals surface area contributed by atoms with Crippen LogP contribution in [0, 0.1) is 17.8 Å². The summed E-state index contributed by atoms with van der Waals surface area (Å²) in [5.74, 6) is 1.61. The molecule has 114 valence electrons. The van der Waals surface area contributed by atoms with Gasteiger partial charge in [0.1, 0.15) is 0 Å². The number of hydrogen-bond donors (Lipinski definition) is 2. The Kier molecular flexibility index (Phi) is 4.16. The van der Waals surface area contributed by atoms with Gasteiger partial charge < -0.3 is 10.4 Å². The lowest BCUT2D eigenvalue weighted by Gasteiger charge is -2.30. The van der Waals surface area contributed by atoms with Crippen LogP contribution >= 0.6 is 11.8 Å². The highest BCUT2D eigenvalue weighted by molar-refractivity contribution is 7.98. The van der Waals surface area contributed by atoms with E-state index in [0.717, 1.165) is 22.4 Å². The number of carboxylic acid groups (broad SMARTS) is 1. The minimum absolute atomic E-state index is 0.343. The molecule has 2 bridgehead atoms. The van der Waals surface area contributed by atoms with Crippen molar-refractivity contribution in [1.29, 1.82) is 0 Å². The molecule has 0 saturated heterocycles. The number of hydrogen-bond acceptors (Lipinski definition) is 3. The highest BCUT2D eigenvalue weighted by atomic mass is 32.2. The van der Waals surface area contributed by atoms with Gasteiger partial charge in [0, 0.05) is 10.9 Å². The summed E-state index contributed by atoms with van der Waals surface area (Å²) in [6.07, 6.45) is 7.37. The molecule has 0 radical (unpaired) electrons. The van der Waals surface area contributed by atoms with Crippen LogP contribution in [0.4, 0.5) is 5.69 Å². The standard InChI is InChI=1S/C17H23NO2S/c1-10(13-9-11-6-7-12(13)8-11)18-14-4-3-5-15(21-2)16(14)17(19)20/h3-5,10-13,18H,6-9H2,1-2H3,(H,19,20). The smallest absolute Gasteiger partial charge is 0.338 e. The summed E-state index contributed by atoms with van der Waals surface area (Å²) in [6, 6.07) is 6.05. The average Bonchev–Trinajstić information content (AvgIpc) is 3.09. The average molecular weight is 305 g/mol. The van der Waals surface area contributed by atoms with Crippen LogP contribution in [0.1, 0.15) is 43.0 Å². The highest BCUT2D eigenvalue weighted by Crippen LogP contribution is 2.50. The minimum Gasteiger partial charge on any atom is -0.478 e. The second-order valence-corrected chi connectivity index (χ2v) is 7.31. The van der Waals surface area contributed by atoms with Gasteiger partial charge in [0.25, 0.3) is 0 Å². The van der Waals surface area contributed by atoms with Crippen molar-refractivity contribution in [2.24, 2.45) is 17.8 Å². The Bertz CT molecular complexity index is 546. The molecule has 0 amide bonds. The lowest BCUT2D eigenvalue weighted by atomic mass is 9.84. The first kappa shape index (κ1) is 14.8. The van der Waals surface area contributed by atoms with E-state index < -0.39 is 5.97 Å². The van der Waals surface area contributed by atoms with Crippen molar-refractivity contribution in [3.05, 3.63) is 23.8 Å². The molecule has 0 heterocycles. The molecular formula is C17H23NO2S. The lowest BCUT2D eigenvalue weighted by molar-refractivity contribution is 0.0694. The Morgan fingerprint density at radius 1 is 1.38 bits per heavy atom. The minimum atomic E-state index is -0.845. The van der Waals surface area contributed by atoms with Crippen LogP contribution in [0.25, 0.3) is 0 Å². The summed E-state index contributed by atoms with van der Waals surface area (Å²) in [5, 5.41) is 13.0. The van der Waals surface area contributed by atoms with E-state index in [1.165, 1.54) is 37.4 Å². The van der Waals surface area contributed by atoms with E-state index in [4.69, 9.17) is 0 Å². The van der Waals surface area contributed by atoms with Gasteiger partial charge in [0.15, 0.2) is 0 Å². The Morgan fingerprint density at radius 2 is 2.19 bits per heavy atom. The van der Waals surface area contributed by atoms with Gasteiger partial charge in [0.05, 0.1) is 11.3 Å². The van der Waals surface area contributed by atoms with Gasteiger partial charge in [-0.1, -0.05) is 12.5 Å². The van der Waals surface area contributed by atoms with Crippen molar-refractivity contribution >= 4 is 23.4 Å². The van der Waals surface area contributed by atoms with Gasteiger partial charge in [-0.05, 0) is 62.3 Å². The molecule has 2 N–H and O–H groups in total. The maximum Gasteiger partial charge on any atom is 0.338 e. The molecule has 3 nitrogen and oxygen atoms in total. The second-order valence-electron chi connectivity index (χ2n) is 6.46. The van der Waals surface area contributed by atoms with E-state index in [1.807, 2.05) is 24.5 Å². The zero-order valence-electron chi connectivity index (χ0n) is 12.6. The lowest BCUT2D eigenvalue weighted by Crippen LogP contribution is -2.30. The van der Waals surface area contributed by atoms with Gasteiger partial charge >= 0.3 is 5.97 Å². The van der Waals surface area contributed by atoms with Crippen LogP contribution in [0.5, 0.6) is 0 Å². The summed E-state index contributed by atoms with van der Waals surface area (Å²) in [4.78, 5) is 12.4. The van der Waals surface area contributed by atoms with Crippen LogP contribution in [-0.4, -0.2) is 23.4 Å². The number of aromatic carboxylic acids is 1. The zero-order chi connectivity index (χ0) is 15.0. The molecule has 0 aliphatic heterocycles. The number of thioether (sulfide) groups is 1. The summed E-state index contributed by atoms with van der Waals surface area (Å²) in [7, 11) is 0. The Balaban J connectivity index is 1.79. The summed E-state index contributed by atoms with van der Waals surface area (Å²) >= 11 is 1.49. The number of nitrogens with one attached hydrogen (secondary N) is 1. The number of benzene rings is 1. The monoisotopic (exact) mass is 305 g/mol. The molecular weight excluding hydrogens is 282 g/mol. The summed E-state index contributed by atoms with van der Waals surface area (Å²) in [5.41, 5.74) is 1.18. The van der Waals surface area contributed by atoms with E-state index in [2.05, 4.69) is 12.2 Å². The largest absolute Gasteiger partial charge is 0.478 e. The van der Waals surface area contributed by atoms with Crippen molar-refractivity contribution in [3.63, 3.8) is 0 Å². The molecule has 2 aliphatic carbocycles. The van der Waals surface area contributed by atoms with Crippen LogP contribution in [0.3, 0.4) is 0 Å². The Hall–Kier alpha value is -1.16. The number of anilines is 1. The molecule has 1 aromatic rings. The number of fused-ring (bicyclic) bond motifs is 2. The van der Waals surface area contributed by atoms with E-state index in [-0.39, 0.29) is 0 Å². The Labute approximate surface area is 130 Å². The predicted molar refractivity (Wildman–Crippen MR) is 87.2 cm³/mol. The molecule has 3 rings (SSSR count). The molecule has 4 atom stereocenters. The SMILES string of the molecule is CSc1cccc(NC(C)C2CC3CCC2C3)c1C(=O)O. The number of rotatable bonds is 5. The van der Waals surface area contributed by atoms with E-state index in [1.54, 1.807) is 0 Å². The molecule has 0 aromatic heterocycles.